The van der Waals surface area contributed by atoms with E-state index >= 15 is 0 Å². The maximum atomic E-state index is 4.36. The summed E-state index contributed by atoms with van der Waals surface area (Å²) in [6.45, 7) is 4.19. The smallest absolute Gasteiger partial charge is 0.143 e. The molecule has 0 fully saturated rings. The lowest BCUT2D eigenvalue weighted by Crippen LogP contribution is -2.08. The second kappa shape index (κ2) is 4.72. The first-order chi connectivity index (χ1) is 9.25. The summed E-state index contributed by atoms with van der Waals surface area (Å²) >= 11 is 0. The Bertz CT molecular complexity index is 688. The molecule has 0 aliphatic rings. The maximum Gasteiger partial charge on any atom is 0.143 e. The van der Waals surface area contributed by atoms with E-state index in [1.54, 1.807) is 6.33 Å². The molecule has 0 amide bonds. The number of H-pyrrole nitrogens is 1. The highest BCUT2D eigenvalue weighted by atomic mass is 15.0. The van der Waals surface area contributed by atoms with Crippen molar-refractivity contribution in [2.75, 3.05) is 5.32 Å². The molecule has 2 aromatic heterocycles. The van der Waals surface area contributed by atoms with E-state index in [-0.39, 0.29) is 6.04 Å². The van der Waals surface area contributed by atoms with Gasteiger partial charge in [-0.25, -0.2) is 9.97 Å². The first kappa shape index (κ1) is 11.7. The SMILES string of the molecule is Cc1c[nH]c2ncnc(NC(C)c3ccccc3)c12. The summed E-state index contributed by atoms with van der Waals surface area (Å²) in [7, 11) is 0. The summed E-state index contributed by atoms with van der Waals surface area (Å²) in [6, 6.07) is 10.5. The Morgan fingerprint density at radius 2 is 1.95 bits per heavy atom. The molecule has 0 saturated carbocycles. The molecule has 2 heterocycles. The topological polar surface area (TPSA) is 53.6 Å². The van der Waals surface area contributed by atoms with Crippen molar-refractivity contribution in [1.82, 2.24) is 15.0 Å². The number of anilines is 1. The van der Waals surface area contributed by atoms with Gasteiger partial charge in [0.25, 0.3) is 0 Å². The van der Waals surface area contributed by atoms with Crippen LogP contribution >= 0.6 is 0 Å². The lowest BCUT2D eigenvalue weighted by atomic mass is 10.1. The van der Waals surface area contributed by atoms with Crippen molar-refractivity contribution in [2.24, 2.45) is 0 Å². The fourth-order valence-electron chi connectivity index (χ4n) is 2.26. The number of benzene rings is 1. The minimum absolute atomic E-state index is 0.202. The molecule has 0 saturated heterocycles. The van der Waals surface area contributed by atoms with E-state index in [9.17, 15) is 0 Å². The number of aromatic nitrogens is 3. The van der Waals surface area contributed by atoms with Crippen LogP contribution in [0.5, 0.6) is 0 Å². The molecule has 0 bridgehead atoms. The van der Waals surface area contributed by atoms with Gasteiger partial charge in [0.05, 0.1) is 5.39 Å². The van der Waals surface area contributed by atoms with Crippen LogP contribution in [0.15, 0.2) is 42.9 Å². The quantitative estimate of drug-likeness (QED) is 0.750. The van der Waals surface area contributed by atoms with Gasteiger partial charge in [0.15, 0.2) is 0 Å². The average molecular weight is 252 g/mol. The number of aryl methyl sites for hydroxylation is 1. The molecule has 4 heteroatoms. The number of hydrogen-bond donors (Lipinski definition) is 2. The Hall–Kier alpha value is -2.36. The normalized spacial score (nSPS) is 12.5. The zero-order valence-electron chi connectivity index (χ0n) is 11.0. The van der Waals surface area contributed by atoms with E-state index in [4.69, 9.17) is 0 Å². The number of hydrogen-bond acceptors (Lipinski definition) is 3. The molecule has 96 valence electrons. The molecule has 0 aliphatic carbocycles. The minimum Gasteiger partial charge on any atom is -0.363 e. The monoisotopic (exact) mass is 252 g/mol. The molecule has 0 aliphatic heterocycles. The molecule has 4 nitrogen and oxygen atoms in total. The summed E-state index contributed by atoms with van der Waals surface area (Å²) in [5, 5.41) is 4.52. The predicted molar refractivity (Wildman–Crippen MR) is 77.1 cm³/mol. The number of aromatic amines is 1. The van der Waals surface area contributed by atoms with Crippen molar-refractivity contribution < 1.29 is 0 Å². The second-order valence-corrected chi connectivity index (χ2v) is 4.69. The van der Waals surface area contributed by atoms with Crippen LogP contribution in [0.3, 0.4) is 0 Å². The van der Waals surface area contributed by atoms with E-state index in [1.165, 1.54) is 5.56 Å². The van der Waals surface area contributed by atoms with E-state index in [0.29, 0.717) is 0 Å². The van der Waals surface area contributed by atoms with Crippen LogP contribution in [0.25, 0.3) is 11.0 Å². The van der Waals surface area contributed by atoms with Gasteiger partial charge in [-0.05, 0) is 25.0 Å². The third-order valence-electron chi connectivity index (χ3n) is 3.32. The van der Waals surface area contributed by atoms with Gasteiger partial charge in [-0.1, -0.05) is 30.3 Å². The van der Waals surface area contributed by atoms with Crippen LogP contribution in [0.4, 0.5) is 5.82 Å². The zero-order valence-corrected chi connectivity index (χ0v) is 11.0. The third kappa shape index (κ3) is 2.17. The molecule has 19 heavy (non-hydrogen) atoms. The van der Waals surface area contributed by atoms with E-state index < -0.39 is 0 Å². The third-order valence-corrected chi connectivity index (χ3v) is 3.32. The number of rotatable bonds is 3. The zero-order chi connectivity index (χ0) is 13.2. The van der Waals surface area contributed by atoms with E-state index in [1.807, 2.05) is 24.4 Å². The summed E-state index contributed by atoms with van der Waals surface area (Å²) in [4.78, 5) is 11.7. The highest BCUT2D eigenvalue weighted by molar-refractivity contribution is 5.90. The van der Waals surface area contributed by atoms with Crippen molar-refractivity contribution in [2.45, 2.75) is 19.9 Å². The van der Waals surface area contributed by atoms with Crippen molar-refractivity contribution in [3.8, 4) is 0 Å². The van der Waals surface area contributed by atoms with Crippen molar-refractivity contribution in [3.63, 3.8) is 0 Å². The van der Waals surface area contributed by atoms with Gasteiger partial charge >= 0.3 is 0 Å². The number of fused-ring (bicyclic) bond motifs is 1. The van der Waals surface area contributed by atoms with Crippen molar-refractivity contribution in [1.29, 1.82) is 0 Å². The van der Waals surface area contributed by atoms with Gasteiger partial charge in [-0.2, -0.15) is 0 Å². The van der Waals surface area contributed by atoms with Gasteiger partial charge in [-0.15, -0.1) is 0 Å². The van der Waals surface area contributed by atoms with Gasteiger partial charge in [-0.3, -0.25) is 0 Å². The van der Waals surface area contributed by atoms with E-state index in [0.717, 1.165) is 22.4 Å². The van der Waals surface area contributed by atoms with Crippen LogP contribution in [0.1, 0.15) is 24.1 Å². The molecule has 3 aromatic rings. The summed E-state index contributed by atoms with van der Waals surface area (Å²) in [6.07, 6.45) is 3.54. The molecule has 3 rings (SSSR count). The van der Waals surface area contributed by atoms with Crippen LogP contribution in [0.2, 0.25) is 0 Å². The molecule has 1 unspecified atom stereocenters. The van der Waals surface area contributed by atoms with Gasteiger partial charge in [0.1, 0.15) is 17.8 Å². The van der Waals surface area contributed by atoms with Crippen LogP contribution in [-0.4, -0.2) is 15.0 Å². The molecule has 0 radical (unpaired) electrons. The number of nitrogens with one attached hydrogen (secondary N) is 2. The first-order valence-corrected chi connectivity index (χ1v) is 6.36. The second-order valence-electron chi connectivity index (χ2n) is 4.69. The van der Waals surface area contributed by atoms with Crippen LogP contribution in [0, 0.1) is 6.92 Å². The summed E-state index contributed by atoms with van der Waals surface area (Å²) in [5.74, 6) is 0.875. The lowest BCUT2D eigenvalue weighted by Gasteiger charge is -2.15. The highest BCUT2D eigenvalue weighted by Gasteiger charge is 2.11. The fourth-order valence-corrected chi connectivity index (χ4v) is 2.26. The van der Waals surface area contributed by atoms with Gasteiger partial charge < -0.3 is 10.3 Å². The van der Waals surface area contributed by atoms with E-state index in [2.05, 4.69) is 46.2 Å². The Balaban J connectivity index is 1.95. The molecular formula is C15H16N4. The molecule has 2 N–H and O–H groups in total. The predicted octanol–water partition coefficient (Wildman–Crippen LogP) is 3.44. The fraction of sp³-hybridized carbons (Fsp3) is 0.200. The maximum absolute atomic E-state index is 4.36. The lowest BCUT2D eigenvalue weighted by molar-refractivity contribution is 0.875. The minimum atomic E-state index is 0.202. The largest absolute Gasteiger partial charge is 0.363 e. The number of nitrogens with zero attached hydrogens (tertiary/aromatic N) is 2. The highest BCUT2D eigenvalue weighted by Crippen LogP contribution is 2.25. The molecule has 0 spiro atoms. The molecule has 1 aromatic carbocycles. The summed E-state index contributed by atoms with van der Waals surface area (Å²) in [5.41, 5.74) is 3.26. The Morgan fingerprint density at radius 3 is 2.74 bits per heavy atom. The standard InChI is InChI=1S/C15H16N4/c1-10-8-16-14-13(10)15(18-9-17-14)19-11(2)12-6-4-3-5-7-12/h3-9,11H,1-2H3,(H2,16,17,18,19). The van der Waals surface area contributed by atoms with Crippen LogP contribution in [-0.2, 0) is 0 Å². The van der Waals surface area contributed by atoms with Gasteiger partial charge in [0.2, 0.25) is 0 Å². The molecular weight excluding hydrogens is 236 g/mol. The first-order valence-electron chi connectivity index (χ1n) is 6.36. The average Bonchev–Trinajstić information content (AvgIpc) is 2.83. The van der Waals surface area contributed by atoms with Crippen molar-refractivity contribution in [3.05, 3.63) is 54.0 Å². The Morgan fingerprint density at radius 1 is 1.16 bits per heavy atom. The van der Waals surface area contributed by atoms with Crippen molar-refractivity contribution >= 4 is 16.9 Å². The van der Waals surface area contributed by atoms with Crippen LogP contribution < -0.4 is 5.32 Å². The summed E-state index contributed by atoms with van der Waals surface area (Å²) < 4.78 is 0. The Labute approximate surface area is 111 Å². The van der Waals surface area contributed by atoms with Gasteiger partial charge in [0, 0.05) is 12.2 Å². The Kier molecular flexibility index (Phi) is 2.91. The molecule has 1 atom stereocenters.